The Morgan fingerprint density at radius 1 is 1.00 bits per heavy atom. The summed E-state index contributed by atoms with van der Waals surface area (Å²) < 4.78 is 5.35. The van der Waals surface area contributed by atoms with E-state index in [2.05, 4.69) is 4.99 Å². The molecular weight excluding hydrogens is 238 g/mol. The first-order chi connectivity index (χ1) is 9.31. The van der Waals surface area contributed by atoms with Crippen molar-refractivity contribution in [3.63, 3.8) is 0 Å². The fourth-order valence-electron chi connectivity index (χ4n) is 2.28. The quantitative estimate of drug-likeness (QED) is 0.823. The highest BCUT2D eigenvalue weighted by molar-refractivity contribution is 6.25. The van der Waals surface area contributed by atoms with Crippen LogP contribution in [-0.4, -0.2) is 24.7 Å². The van der Waals surface area contributed by atoms with Crippen LogP contribution in [0.5, 0.6) is 0 Å². The van der Waals surface area contributed by atoms with Gasteiger partial charge in [0.1, 0.15) is 0 Å². The van der Waals surface area contributed by atoms with Crippen LogP contribution in [0.2, 0.25) is 0 Å². The molecule has 0 bridgehead atoms. The van der Waals surface area contributed by atoms with E-state index in [1.54, 1.807) is 6.07 Å². The van der Waals surface area contributed by atoms with Crippen molar-refractivity contribution < 1.29 is 9.53 Å². The lowest BCUT2D eigenvalue weighted by molar-refractivity contribution is 0.0754. The molecule has 1 unspecified atom stereocenters. The van der Waals surface area contributed by atoms with E-state index in [-0.39, 0.29) is 5.78 Å². The number of methoxy groups -OCH3 is 1. The Balaban J connectivity index is 2.18. The number of hydrogen-bond donors (Lipinski definition) is 0. The third-order valence-electron chi connectivity index (χ3n) is 3.20. The average Bonchev–Trinajstić information content (AvgIpc) is 2.48. The summed E-state index contributed by atoms with van der Waals surface area (Å²) in [5.74, 6) is -0.0352. The molecule has 2 aromatic carbocycles. The number of ketones is 1. The summed E-state index contributed by atoms with van der Waals surface area (Å²) in [7, 11) is 1.54. The zero-order chi connectivity index (χ0) is 13.2. The topological polar surface area (TPSA) is 38.7 Å². The van der Waals surface area contributed by atoms with Gasteiger partial charge in [-0.05, 0) is 17.7 Å². The maximum atomic E-state index is 12.4. The van der Waals surface area contributed by atoms with Crippen molar-refractivity contribution in [1.29, 1.82) is 0 Å². The number of fused-ring (bicyclic) bond motifs is 1. The van der Waals surface area contributed by atoms with Gasteiger partial charge in [0.25, 0.3) is 0 Å². The molecule has 0 aromatic heterocycles. The molecule has 3 rings (SSSR count). The summed E-state index contributed by atoms with van der Waals surface area (Å²) in [6.45, 7) is 0. The second-order valence-electron chi connectivity index (χ2n) is 4.36. The number of Topliss-reactive ketones (excluding diaryl/α,β-unsaturated/α-hetero) is 1. The third-order valence-corrected chi connectivity index (χ3v) is 3.20. The second kappa shape index (κ2) is 4.78. The maximum Gasteiger partial charge on any atom is 0.199 e. The first-order valence-corrected chi connectivity index (χ1v) is 6.11. The van der Waals surface area contributed by atoms with Gasteiger partial charge in [-0.15, -0.1) is 0 Å². The zero-order valence-electron chi connectivity index (χ0n) is 10.5. The summed E-state index contributed by atoms with van der Waals surface area (Å²) in [6, 6.07) is 17.0. The van der Waals surface area contributed by atoms with E-state index in [1.807, 2.05) is 48.5 Å². The zero-order valence-corrected chi connectivity index (χ0v) is 10.5. The maximum absolute atomic E-state index is 12.4. The molecular formula is C16H13NO2. The van der Waals surface area contributed by atoms with Gasteiger partial charge in [-0.1, -0.05) is 42.5 Å². The minimum absolute atomic E-state index is 0.0352. The van der Waals surface area contributed by atoms with Crippen molar-refractivity contribution in [2.75, 3.05) is 7.11 Å². The Bertz CT molecular complexity index is 647. The molecule has 0 aliphatic carbocycles. The van der Waals surface area contributed by atoms with Crippen molar-refractivity contribution in [3.05, 3.63) is 65.7 Å². The number of carbonyl (C=O) groups is 1. The average molecular weight is 251 g/mol. The van der Waals surface area contributed by atoms with Crippen LogP contribution in [0.1, 0.15) is 15.9 Å². The first kappa shape index (κ1) is 11.8. The largest absolute Gasteiger partial charge is 0.367 e. The molecule has 0 saturated carbocycles. The van der Waals surface area contributed by atoms with Gasteiger partial charge in [-0.3, -0.25) is 4.79 Å². The molecule has 94 valence electrons. The van der Waals surface area contributed by atoms with Crippen LogP contribution in [0.25, 0.3) is 0 Å². The molecule has 1 atom stereocenters. The van der Waals surface area contributed by atoms with Crippen molar-refractivity contribution in [2.24, 2.45) is 4.99 Å². The van der Waals surface area contributed by atoms with Gasteiger partial charge in [0.15, 0.2) is 11.9 Å². The van der Waals surface area contributed by atoms with Gasteiger partial charge in [-0.2, -0.15) is 0 Å². The van der Waals surface area contributed by atoms with Gasteiger partial charge in [0, 0.05) is 12.7 Å². The van der Waals surface area contributed by atoms with E-state index in [0.29, 0.717) is 17.0 Å². The monoisotopic (exact) mass is 251 g/mol. The van der Waals surface area contributed by atoms with E-state index in [4.69, 9.17) is 4.74 Å². The normalized spacial score (nSPS) is 17.8. The van der Waals surface area contributed by atoms with Crippen molar-refractivity contribution in [2.45, 2.75) is 6.10 Å². The molecule has 19 heavy (non-hydrogen) atoms. The number of para-hydroxylation sites is 1. The fraction of sp³-hybridized carbons (Fsp3) is 0.125. The van der Waals surface area contributed by atoms with E-state index >= 15 is 0 Å². The van der Waals surface area contributed by atoms with E-state index in [9.17, 15) is 4.79 Å². The van der Waals surface area contributed by atoms with Gasteiger partial charge < -0.3 is 4.74 Å². The van der Waals surface area contributed by atoms with Gasteiger partial charge in [0.05, 0.1) is 11.4 Å². The van der Waals surface area contributed by atoms with Crippen LogP contribution in [0, 0.1) is 0 Å². The molecule has 0 fully saturated rings. The standard InChI is InChI=1S/C16H13NO2/c1-19-16-14(11-7-3-2-4-8-11)17-13-10-6-5-9-12(13)15(16)18/h2-10,16H,1H3. The molecule has 0 amide bonds. The molecule has 0 spiro atoms. The van der Waals surface area contributed by atoms with Gasteiger partial charge in [-0.25, -0.2) is 4.99 Å². The highest BCUT2D eigenvalue weighted by atomic mass is 16.5. The van der Waals surface area contributed by atoms with Gasteiger partial charge in [0.2, 0.25) is 0 Å². The Labute approximate surface area is 111 Å². The number of ether oxygens (including phenoxy) is 1. The number of carbonyl (C=O) groups excluding carboxylic acids is 1. The second-order valence-corrected chi connectivity index (χ2v) is 4.36. The van der Waals surface area contributed by atoms with Crippen LogP contribution in [0.15, 0.2) is 59.6 Å². The highest BCUT2D eigenvalue weighted by Crippen LogP contribution is 2.28. The highest BCUT2D eigenvalue weighted by Gasteiger charge is 2.31. The Kier molecular flexibility index (Phi) is 2.97. The molecule has 3 nitrogen and oxygen atoms in total. The molecule has 0 N–H and O–H groups in total. The molecule has 0 radical (unpaired) electrons. The van der Waals surface area contributed by atoms with E-state index < -0.39 is 6.10 Å². The van der Waals surface area contributed by atoms with Crippen LogP contribution in [-0.2, 0) is 4.74 Å². The van der Waals surface area contributed by atoms with Crippen molar-refractivity contribution in [1.82, 2.24) is 0 Å². The summed E-state index contributed by atoms with van der Waals surface area (Å²) in [4.78, 5) is 17.0. The third kappa shape index (κ3) is 1.98. The minimum Gasteiger partial charge on any atom is -0.367 e. The lowest BCUT2D eigenvalue weighted by atomic mass is 9.93. The molecule has 1 aliphatic heterocycles. The van der Waals surface area contributed by atoms with Gasteiger partial charge >= 0.3 is 0 Å². The number of aliphatic imine (C=N–C) groups is 1. The van der Waals surface area contributed by atoms with Crippen molar-refractivity contribution >= 4 is 17.2 Å². The van der Waals surface area contributed by atoms with E-state index in [1.165, 1.54) is 7.11 Å². The fourth-order valence-corrected chi connectivity index (χ4v) is 2.28. The van der Waals surface area contributed by atoms with E-state index in [0.717, 1.165) is 5.56 Å². The summed E-state index contributed by atoms with van der Waals surface area (Å²) in [5, 5.41) is 0. The number of nitrogens with zero attached hydrogens (tertiary/aromatic N) is 1. The van der Waals surface area contributed by atoms with Crippen molar-refractivity contribution in [3.8, 4) is 0 Å². The minimum atomic E-state index is -0.628. The number of rotatable bonds is 2. The number of hydrogen-bond acceptors (Lipinski definition) is 3. The van der Waals surface area contributed by atoms with Crippen LogP contribution >= 0.6 is 0 Å². The smallest absolute Gasteiger partial charge is 0.199 e. The Morgan fingerprint density at radius 2 is 1.68 bits per heavy atom. The van der Waals surface area contributed by atoms with Crippen LogP contribution < -0.4 is 0 Å². The number of benzene rings is 2. The Hall–Kier alpha value is -2.26. The molecule has 1 aliphatic rings. The summed E-state index contributed by atoms with van der Waals surface area (Å²) in [6.07, 6.45) is -0.628. The van der Waals surface area contributed by atoms with Crippen LogP contribution in [0.3, 0.4) is 0 Å². The SMILES string of the molecule is COC1C(=O)c2ccccc2N=C1c1ccccc1. The molecule has 3 heteroatoms. The van der Waals surface area contributed by atoms with Crippen LogP contribution in [0.4, 0.5) is 5.69 Å². The predicted molar refractivity (Wildman–Crippen MR) is 74.2 cm³/mol. The molecule has 1 heterocycles. The predicted octanol–water partition coefficient (Wildman–Crippen LogP) is 3.02. The summed E-state index contributed by atoms with van der Waals surface area (Å²) in [5.41, 5.74) is 2.91. The molecule has 2 aromatic rings. The Morgan fingerprint density at radius 3 is 2.42 bits per heavy atom. The first-order valence-electron chi connectivity index (χ1n) is 6.11. The summed E-state index contributed by atoms with van der Waals surface area (Å²) >= 11 is 0. The lowest BCUT2D eigenvalue weighted by Crippen LogP contribution is -2.35. The molecule has 0 saturated heterocycles. The lowest BCUT2D eigenvalue weighted by Gasteiger charge is -2.22.